The molecule has 1 saturated carbocycles. The molecule has 1 heterocycles. The lowest BCUT2D eigenvalue weighted by Crippen LogP contribution is -2.34. The van der Waals surface area contributed by atoms with Gasteiger partial charge in [0.2, 0.25) is 0 Å². The van der Waals surface area contributed by atoms with Gasteiger partial charge in [-0.3, -0.25) is 4.79 Å². The molecule has 0 radical (unpaired) electrons. The Morgan fingerprint density at radius 3 is 3.06 bits per heavy atom. The Balaban J connectivity index is 1.85. The fraction of sp³-hybridized carbons (Fsp3) is 0.500. The van der Waals surface area contributed by atoms with Gasteiger partial charge in [0.1, 0.15) is 5.15 Å². The number of rotatable bonds is 5. The lowest BCUT2D eigenvalue weighted by Gasteiger charge is -2.15. The number of likely N-dealkylation sites (N-methyl/N-ethyl adjacent to an activating group) is 1. The van der Waals surface area contributed by atoms with Crippen LogP contribution in [-0.2, 0) is 0 Å². The number of nitrogen functional groups attached to an aromatic ring is 1. The molecule has 0 saturated heterocycles. The number of anilines is 1. The van der Waals surface area contributed by atoms with Gasteiger partial charge in [-0.15, -0.1) is 0 Å². The molecule has 0 aromatic carbocycles. The molecule has 1 aromatic heterocycles. The van der Waals surface area contributed by atoms with Crippen molar-refractivity contribution >= 4 is 23.2 Å². The summed E-state index contributed by atoms with van der Waals surface area (Å²) in [5.41, 5.74) is 6.34. The topological polar surface area (TPSA) is 71.2 Å². The second-order valence-electron chi connectivity index (χ2n) is 4.57. The molecule has 6 heteroatoms. The Kier molecular flexibility index (Phi) is 4.04. The number of pyridine rings is 1. The van der Waals surface area contributed by atoms with E-state index in [-0.39, 0.29) is 11.1 Å². The average Bonchev–Trinajstić information content (AvgIpc) is 3.16. The SMILES string of the molecule is CN(CCNC(=O)c1cc(N)cnc1Cl)C1CC1. The van der Waals surface area contributed by atoms with E-state index in [1.54, 1.807) is 0 Å². The van der Waals surface area contributed by atoms with Crippen LogP contribution < -0.4 is 11.1 Å². The van der Waals surface area contributed by atoms with Gasteiger partial charge >= 0.3 is 0 Å². The Bertz CT molecular complexity index is 448. The van der Waals surface area contributed by atoms with Crippen molar-refractivity contribution in [3.8, 4) is 0 Å². The number of halogens is 1. The molecule has 0 atom stereocenters. The third kappa shape index (κ3) is 3.34. The maximum Gasteiger partial charge on any atom is 0.254 e. The Morgan fingerprint density at radius 2 is 2.39 bits per heavy atom. The lowest BCUT2D eigenvalue weighted by molar-refractivity contribution is 0.0949. The number of hydrogen-bond donors (Lipinski definition) is 2. The number of aromatic nitrogens is 1. The van der Waals surface area contributed by atoms with Crippen LogP contribution in [-0.4, -0.2) is 42.0 Å². The van der Waals surface area contributed by atoms with Gasteiger partial charge in [0.25, 0.3) is 5.91 Å². The first-order valence-corrected chi connectivity index (χ1v) is 6.35. The zero-order valence-electron chi connectivity index (χ0n) is 10.3. The largest absolute Gasteiger partial charge is 0.397 e. The molecule has 0 unspecified atom stereocenters. The molecular weight excluding hydrogens is 252 g/mol. The maximum atomic E-state index is 11.9. The normalized spacial score (nSPS) is 14.8. The molecule has 0 aliphatic heterocycles. The first-order valence-electron chi connectivity index (χ1n) is 5.97. The second-order valence-corrected chi connectivity index (χ2v) is 4.93. The molecule has 1 fully saturated rings. The number of nitrogens with zero attached hydrogens (tertiary/aromatic N) is 2. The molecule has 18 heavy (non-hydrogen) atoms. The number of carbonyl (C=O) groups is 1. The fourth-order valence-corrected chi connectivity index (χ4v) is 1.95. The van der Waals surface area contributed by atoms with Crippen molar-refractivity contribution in [2.45, 2.75) is 18.9 Å². The summed E-state index contributed by atoms with van der Waals surface area (Å²) >= 11 is 5.86. The van der Waals surface area contributed by atoms with Crippen molar-refractivity contribution in [3.05, 3.63) is 23.0 Å². The molecule has 1 aliphatic rings. The van der Waals surface area contributed by atoms with E-state index in [4.69, 9.17) is 17.3 Å². The number of nitrogens with one attached hydrogen (secondary N) is 1. The Hall–Kier alpha value is -1.33. The molecule has 1 aliphatic carbocycles. The van der Waals surface area contributed by atoms with E-state index in [1.807, 2.05) is 0 Å². The quantitative estimate of drug-likeness (QED) is 0.786. The summed E-state index contributed by atoms with van der Waals surface area (Å²) in [6.07, 6.45) is 3.95. The minimum Gasteiger partial charge on any atom is -0.397 e. The van der Waals surface area contributed by atoms with E-state index in [1.165, 1.54) is 25.1 Å². The van der Waals surface area contributed by atoms with Crippen LogP contribution >= 0.6 is 11.6 Å². The van der Waals surface area contributed by atoms with Crippen molar-refractivity contribution in [2.75, 3.05) is 25.9 Å². The average molecular weight is 269 g/mol. The summed E-state index contributed by atoms with van der Waals surface area (Å²) in [7, 11) is 2.07. The van der Waals surface area contributed by atoms with Gasteiger partial charge in [-0.25, -0.2) is 4.98 Å². The van der Waals surface area contributed by atoms with Crippen LogP contribution in [0.2, 0.25) is 5.15 Å². The molecule has 0 bridgehead atoms. The summed E-state index contributed by atoms with van der Waals surface area (Å²) in [5, 5.41) is 3.00. The van der Waals surface area contributed by atoms with Gasteiger partial charge in [0, 0.05) is 19.1 Å². The van der Waals surface area contributed by atoms with Gasteiger partial charge in [-0.1, -0.05) is 11.6 Å². The van der Waals surface area contributed by atoms with E-state index < -0.39 is 0 Å². The summed E-state index contributed by atoms with van der Waals surface area (Å²) < 4.78 is 0. The third-order valence-electron chi connectivity index (χ3n) is 3.03. The number of hydrogen-bond acceptors (Lipinski definition) is 4. The van der Waals surface area contributed by atoms with E-state index in [2.05, 4.69) is 22.2 Å². The fourth-order valence-electron chi connectivity index (χ4n) is 1.76. The van der Waals surface area contributed by atoms with Gasteiger partial charge in [-0.2, -0.15) is 0 Å². The third-order valence-corrected chi connectivity index (χ3v) is 3.33. The van der Waals surface area contributed by atoms with Gasteiger partial charge < -0.3 is 16.0 Å². The predicted octanol–water partition coefficient (Wildman–Crippen LogP) is 1.14. The highest BCUT2D eigenvalue weighted by Crippen LogP contribution is 2.24. The van der Waals surface area contributed by atoms with Crippen LogP contribution in [0.5, 0.6) is 0 Å². The van der Waals surface area contributed by atoms with Gasteiger partial charge in [0.05, 0.1) is 17.4 Å². The predicted molar refractivity (Wildman–Crippen MR) is 71.6 cm³/mol. The van der Waals surface area contributed by atoms with E-state index >= 15 is 0 Å². The minimum atomic E-state index is -0.232. The zero-order valence-corrected chi connectivity index (χ0v) is 11.1. The van der Waals surface area contributed by atoms with Crippen LogP contribution in [0.4, 0.5) is 5.69 Å². The Labute approximate surface area is 111 Å². The first-order chi connectivity index (χ1) is 8.58. The summed E-state index contributed by atoms with van der Waals surface area (Å²) in [4.78, 5) is 18.0. The smallest absolute Gasteiger partial charge is 0.254 e. The van der Waals surface area contributed by atoms with E-state index in [0.717, 1.165) is 6.54 Å². The molecule has 1 aromatic rings. The Morgan fingerprint density at radius 1 is 1.67 bits per heavy atom. The highest BCUT2D eigenvalue weighted by atomic mass is 35.5. The van der Waals surface area contributed by atoms with Gasteiger partial charge in [0.15, 0.2) is 0 Å². The molecular formula is C12H17ClN4O. The molecule has 5 nitrogen and oxygen atoms in total. The second kappa shape index (κ2) is 5.54. The summed E-state index contributed by atoms with van der Waals surface area (Å²) in [6.45, 7) is 1.43. The number of nitrogens with two attached hydrogens (primary N) is 1. The van der Waals surface area contributed by atoms with Crippen LogP contribution in [0, 0.1) is 0 Å². The van der Waals surface area contributed by atoms with Crippen molar-refractivity contribution < 1.29 is 4.79 Å². The van der Waals surface area contributed by atoms with Crippen molar-refractivity contribution in [3.63, 3.8) is 0 Å². The van der Waals surface area contributed by atoms with Crippen molar-refractivity contribution in [1.29, 1.82) is 0 Å². The van der Waals surface area contributed by atoms with Crippen LogP contribution in [0.3, 0.4) is 0 Å². The van der Waals surface area contributed by atoms with Crippen LogP contribution in [0.25, 0.3) is 0 Å². The zero-order chi connectivity index (χ0) is 13.1. The molecule has 2 rings (SSSR count). The molecule has 3 N–H and O–H groups in total. The number of carbonyl (C=O) groups excluding carboxylic acids is 1. The monoisotopic (exact) mass is 268 g/mol. The maximum absolute atomic E-state index is 11.9. The molecule has 0 spiro atoms. The van der Waals surface area contributed by atoms with Crippen molar-refractivity contribution in [2.24, 2.45) is 0 Å². The van der Waals surface area contributed by atoms with E-state index in [9.17, 15) is 4.79 Å². The highest BCUT2D eigenvalue weighted by molar-refractivity contribution is 6.32. The molecule has 98 valence electrons. The lowest BCUT2D eigenvalue weighted by atomic mass is 10.2. The highest BCUT2D eigenvalue weighted by Gasteiger charge is 2.25. The van der Waals surface area contributed by atoms with Crippen LogP contribution in [0.1, 0.15) is 23.2 Å². The number of amides is 1. The molecule has 1 amide bonds. The summed E-state index contributed by atoms with van der Waals surface area (Å²) in [6, 6.07) is 2.23. The minimum absolute atomic E-state index is 0.178. The summed E-state index contributed by atoms with van der Waals surface area (Å²) in [5.74, 6) is -0.232. The first kappa shape index (κ1) is 13.1. The van der Waals surface area contributed by atoms with Gasteiger partial charge in [-0.05, 0) is 26.0 Å². The van der Waals surface area contributed by atoms with Crippen molar-refractivity contribution in [1.82, 2.24) is 15.2 Å². The standard InChI is InChI=1S/C12H17ClN4O/c1-17(9-2-3-9)5-4-15-12(18)10-6-8(14)7-16-11(10)13/h6-7,9H,2-5,14H2,1H3,(H,15,18). The van der Waals surface area contributed by atoms with Crippen LogP contribution in [0.15, 0.2) is 12.3 Å². The van der Waals surface area contributed by atoms with E-state index in [0.29, 0.717) is 23.8 Å².